The minimum atomic E-state index is 1.19. The van der Waals surface area contributed by atoms with Crippen LogP contribution in [0, 0.1) is 0 Å². The third-order valence-corrected chi connectivity index (χ3v) is 8.57. The quantitative estimate of drug-likeness (QED) is 0.219. The highest BCUT2D eigenvalue weighted by molar-refractivity contribution is 6.32. The number of aromatic nitrogens is 1. The molecule has 39 heavy (non-hydrogen) atoms. The molecule has 1 aromatic heterocycles. The van der Waals surface area contributed by atoms with Crippen molar-refractivity contribution < 1.29 is 0 Å². The summed E-state index contributed by atoms with van der Waals surface area (Å²) in [5.74, 6) is 0. The van der Waals surface area contributed by atoms with Crippen LogP contribution in [0.2, 0.25) is 0 Å². The fourth-order valence-electron chi connectivity index (χ4n) is 6.89. The molecule has 0 bridgehead atoms. The molecule has 0 saturated carbocycles. The van der Waals surface area contributed by atoms with Gasteiger partial charge in [0.1, 0.15) is 0 Å². The number of hydrogen-bond acceptors (Lipinski definition) is 0. The van der Waals surface area contributed by atoms with E-state index in [1.165, 1.54) is 86.8 Å². The molecule has 0 amide bonds. The Kier molecular flexibility index (Phi) is 4.11. The van der Waals surface area contributed by atoms with Gasteiger partial charge < -0.3 is 4.98 Å². The van der Waals surface area contributed by atoms with Crippen molar-refractivity contribution in [2.75, 3.05) is 0 Å². The predicted octanol–water partition coefficient (Wildman–Crippen LogP) is 10.8. The van der Waals surface area contributed by atoms with Crippen molar-refractivity contribution in [1.29, 1.82) is 0 Å². The Balaban J connectivity index is 1.41. The van der Waals surface area contributed by atoms with E-state index in [9.17, 15) is 0 Å². The molecule has 0 spiro atoms. The maximum atomic E-state index is 3.90. The van der Waals surface area contributed by atoms with E-state index in [0.29, 0.717) is 0 Å². The van der Waals surface area contributed by atoms with Crippen molar-refractivity contribution >= 4 is 75.7 Å². The molecule has 8 aromatic carbocycles. The van der Waals surface area contributed by atoms with Crippen molar-refractivity contribution in [3.63, 3.8) is 0 Å². The highest BCUT2D eigenvalue weighted by Gasteiger charge is 2.16. The van der Waals surface area contributed by atoms with Crippen LogP contribution >= 0.6 is 0 Å². The maximum absolute atomic E-state index is 3.90. The molecular weight excluding hydrogens is 470 g/mol. The Morgan fingerprint density at radius 3 is 1.41 bits per heavy atom. The SMILES string of the molecule is c1ccc2c(c1)c1ccccc1c1cc(-c3cccc4c3[nH]c3c5ccccc5c5ccccc5c43)ccc21. The van der Waals surface area contributed by atoms with Crippen molar-refractivity contribution in [2.45, 2.75) is 0 Å². The van der Waals surface area contributed by atoms with E-state index in [1.807, 2.05) is 0 Å². The number of fused-ring (bicyclic) bond motifs is 14. The highest BCUT2D eigenvalue weighted by atomic mass is 14.7. The van der Waals surface area contributed by atoms with Gasteiger partial charge in [0.05, 0.1) is 11.0 Å². The summed E-state index contributed by atoms with van der Waals surface area (Å²) in [5, 5.41) is 15.5. The number of hydrogen-bond donors (Lipinski definition) is 1. The minimum Gasteiger partial charge on any atom is -0.353 e. The molecular formula is C38H23N. The molecule has 0 aliphatic carbocycles. The lowest BCUT2D eigenvalue weighted by Gasteiger charge is -2.12. The van der Waals surface area contributed by atoms with Crippen molar-refractivity contribution in [3.8, 4) is 11.1 Å². The number of benzene rings is 8. The Hall–Kier alpha value is -5.14. The fraction of sp³-hybridized carbons (Fsp3) is 0. The lowest BCUT2D eigenvalue weighted by atomic mass is 9.91. The summed E-state index contributed by atoms with van der Waals surface area (Å²) in [7, 11) is 0. The largest absolute Gasteiger partial charge is 0.353 e. The van der Waals surface area contributed by atoms with Gasteiger partial charge in [0, 0.05) is 21.7 Å². The first-order valence-electron chi connectivity index (χ1n) is 13.5. The lowest BCUT2D eigenvalue weighted by molar-refractivity contribution is 1.55. The van der Waals surface area contributed by atoms with Gasteiger partial charge in [-0.05, 0) is 60.1 Å². The molecule has 0 aliphatic rings. The maximum Gasteiger partial charge on any atom is 0.0551 e. The summed E-state index contributed by atoms with van der Waals surface area (Å²) in [5.41, 5.74) is 4.87. The van der Waals surface area contributed by atoms with Gasteiger partial charge in [-0.1, -0.05) is 127 Å². The zero-order valence-electron chi connectivity index (χ0n) is 21.2. The minimum absolute atomic E-state index is 1.19. The van der Waals surface area contributed by atoms with Gasteiger partial charge in [-0.3, -0.25) is 0 Å². The first-order valence-corrected chi connectivity index (χ1v) is 13.5. The van der Waals surface area contributed by atoms with Crippen molar-refractivity contribution in [2.24, 2.45) is 0 Å². The lowest BCUT2D eigenvalue weighted by Crippen LogP contribution is -1.85. The monoisotopic (exact) mass is 493 g/mol. The van der Waals surface area contributed by atoms with Gasteiger partial charge >= 0.3 is 0 Å². The van der Waals surface area contributed by atoms with E-state index in [1.54, 1.807) is 0 Å². The predicted molar refractivity (Wildman–Crippen MR) is 169 cm³/mol. The van der Waals surface area contributed by atoms with Gasteiger partial charge in [-0.2, -0.15) is 0 Å². The number of H-pyrrole nitrogens is 1. The first kappa shape index (κ1) is 20.9. The molecule has 1 N–H and O–H groups in total. The summed E-state index contributed by atoms with van der Waals surface area (Å²) >= 11 is 0. The second-order valence-corrected chi connectivity index (χ2v) is 10.5. The third kappa shape index (κ3) is 2.79. The van der Waals surface area contributed by atoms with Crippen molar-refractivity contribution in [1.82, 2.24) is 4.98 Å². The second-order valence-electron chi connectivity index (χ2n) is 10.5. The Bertz CT molecular complexity index is 2410. The molecule has 0 aliphatic heterocycles. The van der Waals surface area contributed by atoms with Crippen molar-refractivity contribution in [3.05, 3.63) is 133 Å². The summed E-state index contributed by atoms with van der Waals surface area (Å²) in [6.45, 7) is 0. The fourth-order valence-corrected chi connectivity index (χ4v) is 6.89. The van der Waals surface area contributed by atoms with Crippen LogP contribution in [0.15, 0.2) is 133 Å². The number of rotatable bonds is 1. The summed E-state index contributed by atoms with van der Waals surface area (Å²) in [6.07, 6.45) is 0. The molecule has 9 aromatic rings. The summed E-state index contributed by atoms with van der Waals surface area (Å²) in [4.78, 5) is 3.90. The van der Waals surface area contributed by atoms with Gasteiger partial charge in [0.2, 0.25) is 0 Å². The molecule has 1 nitrogen and oxygen atoms in total. The van der Waals surface area contributed by atoms with Crippen LogP contribution in [0.5, 0.6) is 0 Å². The van der Waals surface area contributed by atoms with Crippen LogP contribution in [0.4, 0.5) is 0 Å². The van der Waals surface area contributed by atoms with Gasteiger partial charge in [-0.15, -0.1) is 0 Å². The molecule has 0 atom stereocenters. The van der Waals surface area contributed by atoms with Gasteiger partial charge in [0.15, 0.2) is 0 Å². The molecule has 0 saturated heterocycles. The van der Waals surface area contributed by atoms with E-state index in [2.05, 4.69) is 138 Å². The zero-order valence-corrected chi connectivity index (χ0v) is 21.2. The third-order valence-electron chi connectivity index (χ3n) is 8.57. The highest BCUT2D eigenvalue weighted by Crippen LogP contribution is 2.42. The topological polar surface area (TPSA) is 15.8 Å². The second kappa shape index (κ2) is 7.69. The average Bonchev–Trinajstić information content (AvgIpc) is 3.42. The van der Waals surface area contributed by atoms with Gasteiger partial charge in [-0.25, -0.2) is 0 Å². The molecule has 9 rings (SSSR count). The summed E-state index contributed by atoms with van der Waals surface area (Å²) in [6, 6.07) is 48.9. The first-order chi connectivity index (χ1) is 19.4. The Morgan fingerprint density at radius 1 is 0.308 bits per heavy atom. The van der Waals surface area contributed by atoms with Crippen LogP contribution in [0.25, 0.3) is 86.8 Å². The average molecular weight is 494 g/mol. The Morgan fingerprint density at radius 2 is 0.769 bits per heavy atom. The van der Waals surface area contributed by atoms with Crippen LogP contribution in [-0.2, 0) is 0 Å². The van der Waals surface area contributed by atoms with Crippen LogP contribution < -0.4 is 0 Å². The number of para-hydroxylation sites is 1. The molecule has 0 radical (unpaired) electrons. The standard InChI is InChI=1S/C38H23N/c1-2-12-27-25(10-1)26-11-3-4-15-30(26)35-22-23(20-21-31(27)35)24-18-9-19-34-36-32-16-7-5-13-28(32)29-14-6-8-17-33(29)38(36)39-37(24)34/h1-22,39H. The van der Waals surface area contributed by atoms with Gasteiger partial charge in [0.25, 0.3) is 0 Å². The molecule has 0 unspecified atom stereocenters. The zero-order chi connectivity index (χ0) is 25.5. The van der Waals surface area contributed by atoms with E-state index in [4.69, 9.17) is 0 Å². The van der Waals surface area contributed by atoms with Crippen LogP contribution in [-0.4, -0.2) is 4.98 Å². The smallest absolute Gasteiger partial charge is 0.0551 e. The van der Waals surface area contributed by atoms with E-state index >= 15 is 0 Å². The van der Waals surface area contributed by atoms with E-state index in [-0.39, 0.29) is 0 Å². The molecule has 1 heterocycles. The molecule has 1 heteroatoms. The van der Waals surface area contributed by atoms with Crippen LogP contribution in [0.3, 0.4) is 0 Å². The normalized spacial score (nSPS) is 12.1. The van der Waals surface area contributed by atoms with Crippen LogP contribution in [0.1, 0.15) is 0 Å². The van der Waals surface area contributed by atoms with E-state index < -0.39 is 0 Å². The van der Waals surface area contributed by atoms with E-state index in [0.717, 1.165) is 0 Å². The molecule has 180 valence electrons. The molecule has 0 fully saturated rings. The number of nitrogens with one attached hydrogen (secondary N) is 1. The Labute approximate surface area is 224 Å². The summed E-state index contributed by atoms with van der Waals surface area (Å²) < 4.78 is 0. The number of aromatic amines is 1.